The van der Waals surface area contributed by atoms with E-state index in [2.05, 4.69) is 30.5 Å². The number of H-pyrrole nitrogens is 1. The van der Waals surface area contributed by atoms with Gasteiger partial charge in [0.05, 0.1) is 0 Å². The lowest BCUT2D eigenvalue weighted by Gasteiger charge is -2.06. The van der Waals surface area contributed by atoms with Crippen molar-refractivity contribution in [2.45, 2.75) is 6.42 Å². The minimum Gasteiger partial charge on any atom is -0.382 e. The molecule has 2 rings (SSSR count). The van der Waals surface area contributed by atoms with Gasteiger partial charge in [-0.05, 0) is 0 Å². The molecule has 0 saturated carbocycles. The number of nitrogens with two attached hydrogens (primary N) is 1. The molecule has 2 aromatic heterocycles. The van der Waals surface area contributed by atoms with Crippen molar-refractivity contribution in [2.24, 2.45) is 0 Å². The Morgan fingerprint density at radius 1 is 1.31 bits per heavy atom. The molecule has 0 bridgehead atoms. The summed E-state index contributed by atoms with van der Waals surface area (Å²) in [5.74, 6) is 1.58. The second-order valence-corrected chi connectivity index (χ2v) is 3.41. The van der Waals surface area contributed by atoms with E-state index < -0.39 is 0 Å². The summed E-state index contributed by atoms with van der Waals surface area (Å²) in [5.41, 5.74) is 5.54. The number of nitrogens with zero attached hydrogens (tertiary/aromatic N) is 4. The predicted molar refractivity (Wildman–Crippen MR) is 60.0 cm³/mol. The number of nitrogen functional groups attached to an aromatic ring is 1. The Labute approximate surface area is 96.5 Å². The van der Waals surface area contributed by atoms with Crippen molar-refractivity contribution in [1.82, 2.24) is 25.1 Å². The maximum atomic E-state index is 5.91. The van der Waals surface area contributed by atoms with Gasteiger partial charge in [-0.3, -0.25) is 5.10 Å². The number of anilines is 2. The van der Waals surface area contributed by atoms with Gasteiger partial charge in [0.1, 0.15) is 35.1 Å². The lowest BCUT2D eigenvalue weighted by molar-refractivity contribution is 0.896. The Kier molecular flexibility index (Phi) is 3.16. The Morgan fingerprint density at radius 3 is 2.94 bits per heavy atom. The third-order valence-corrected chi connectivity index (χ3v) is 2.31. The van der Waals surface area contributed by atoms with Crippen LogP contribution in [0.15, 0.2) is 12.7 Å². The fourth-order valence-electron chi connectivity index (χ4n) is 1.16. The largest absolute Gasteiger partial charge is 0.382 e. The van der Waals surface area contributed by atoms with Crippen LogP contribution in [0.4, 0.5) is 11.6 Å². The summed E-state index contributed by atoms with van der Waals surface area (Å²) in [6, 6.07) is 0. The number of rotatable bonds is 4. The molecule has 16 heavy (non-hydrogen) atoms. The SMILES string of the molecule is Nc1ncnc(NCCc2ncn[nH]2)c1Cl. The van der Waals surface area contributed by atoms with Gasteiger partial charge in [-0.15, -0.1) is 0 Å². The minimum absolute atomic E-state index is 0.263. The molecule has 7 nitrogen and oxygen atoms in total. The highest BCUT2D eigenvalue weighted by Crippen LogP contribution is 2.22. The van der Waals surface area contributed by atoms with E-state index in [-0.39, 0.29) is 5.82 Å². The summed E-state index contributed by atoms with van der Waals surface area (Å²) in [6.07, 6.45) is 3.52. The lowest BCUT2D eigenvalue weighted by atomic mass is 10.4. The van der Waals surface area contributed by atoms with Crippen LogP contribution in [0.5, 0.6) is 0 Å². The Morgan fingerprint density at radius 2 is 2.19 bits per heavy atom. The minimum atomic E-state index is 0.263. The smallest absolute Gasteiger partial charge is 0.150 e. The first-order valence-electron chi connectivity index (χ1n) is 4.61. The third kappa shape index (κ3) is 2.37. The number of aromatic amines is 1. The quantitative estimate of drug-likeness (QED) is 0.717. The maximum Gasteiger partial charge on any atom is 0.150 e. The van der Waals surface area contributed by atoms with Crippen LogP contribution in [0.25, 0.3) is 0 Å². The molecule has 0 atom stereocenters. The molecule has 0 radical (unpaired) electrons. The van der Waals surface area contributed by atoms with E-state index in [4.69, 9.17) is 17.3 Å². The summed E-state index contributed by atoms with van der Waals surface area (Å²) in [4.78, 5) is 11.7. The van der Waals surface area contributed by atoms with Gasteiger partial charge in [0, 0.05) is 13.0 Å². The zero-order chi connectivity index (χ0) is 11.4. The molecule has 0 amide bonds. The van der Waals surface area contributed by atoms with Crippen LogP contribution < -0.4 is 11.1 Å². The van der Waals surface area contributed by atoms with E-state index in [1.807, 2.05) is 0 Å². The molecular weight excluding hydrogens is 230 g/mol. The maximum absolute atomic E-state index is 5.91. The third-order valence-electron chi connectivity index (χ3n) is 1.94. The van der Waals surface area contributed by atoms with Crippen LogP contribution in [0.1, 0.15) is 5.82 Å². The second-order valence-electron chi connectivity index (χ2n) is 3.03. The summed E-state index contributed by atoms with van der Waals surface area (Å²) >= 11 is 5.91. The fourth-order valence-corrected chi connectivity index (χ4v) is 1.32. The topological polar surface area (TPSA) is 105 Å². The molecule has 0 unspecified atom stereocenters. The highest BCUT2D eigenvalue weighted by atomic mass is 35.5. The molecule has 0 saturated heterocycles. The van der Waals surface area contributed by atoms with Crippen LogP contribution >= 0.6 is 11.6 Å². The average molecular weight is 240 g/mol. The molecule has 0 aliphatic carbocycles. The Bertz CT molecular complexity index is 455. The van der Waals surface area contributed by atoms with Gasteiger partial charge >= 0.3 is 0 Å². The van der Waals surface area contributed by atoms with Crippen molar-refractivity contribution in [1.29, 1.82) is 0 Å². The molecule has 0 aromatic carbocycles. The first-order chi connectivity index (χ1) is 7.77. The van der Waals surface area contributed by atoms with Crippen LogP contribution in [0.3, 0.4) is 0 Å². The molecule has 8 heteroatoms. The van der Waals surface area contributed by atoms with E-state index in [0.29, 0.717) is 23.8 Å². The highest BCUT2D eigenvalue weighted by Gasteiger charge is 2.05. The molecular formula is C8H10ClN7. The molecule has 2 heterocycles. The lowest BCUT2D eigenvalue weighted by Crippen LogP contribution is -2.09. The van der Waals surface area contributed by atoms with Crippen molar-refractivity contribution >= 4 is 23.2 Å². The molecule has 0 fully saturated rings. The molecule has 84 valence electrons. The van der Waals surface area contributed by atoms with E-state index in [9.17, 15) is 0 Å². The van der Waals surface area contributed by atoms with E-state index >= 15 is 0 Å². The van der Waals surface area contributed by atoms with Crippen molar-refractivity contribution in [2.75, 3.05) is 17.6 Å². The summed E-state index contributed by atoms with van der Waals surface area (Å²) in [5, 5.41) is 9.88. The molecule has 0 aliphatic rings. The second kappa shape index (κ2) is 4.75. The fraction of sp³-hybridized carbons (Fsp3) is 0.250. The molecule has 2 aromatic rings. The number of aromatic nitrogens is 5. The molecule has 0 aliphatic heterocycles. The van der Waals surface area contributed by atoms with E-state index in [1.165, 1.54) is 12.7 Å². The van der Waals surface area contributed by atoms with Crippen LogP contribution in [-0.2, 0) is 6.42 Å². The van der Waals surface area contributed by atoms with Gasteiger partial charge in [0.15, 0.2) is 0 Å². The van der Waals surface area contributed by atoms with Gasteiger partial charge in [-0.2, -0.15) is 5.10 Å². The first kappa shape index (κ1) is 10.6. The van der Waals surface area contributed by atoms with Crippen LogP contribution in [0, 0.1) is 0 Å². The zero-order valence-electron chi connectivity index (χ0n) is 8.31. The number of halogens is 1. The predicted octanol–water partition coefficient (Wildman–Crippen LogP) is 0.485. The van der Waals surface area contributed by atoms with Crippen LogP contribution in [0.2, 0.25) is 5.02 Å². The van der Waals surface area contributed by atoms with Gasteiger partial charge in [0.25, 0.3) is 0 Å². The van der Waals surface area contributed by atoms with Gasteiger partial charge in [-0.25, -0.2) is 15.0 Å². The summed E-state index contributed by atoms with van der Waals surface area (Å²) < 4.78 is 0. The Balaban J connectivity index is 1.92. The van der Waals surface area contributed by atoms with Crippen molar-refractivity contribution in [3.05, 3.63) is 23.5 Å². The monoisotopic (exact) mass is 239 g/mol. The molecule has 0 spiro atoms. The zero-order valence-corrected chi connectivity index (χ0v) is 9.07. The normalized spacial score (nSPS) is 10.3. The number of hydrogen-bond acceptors (Lipinski definition) is 6. The van der Waals surface area contributed by atoms with E-state index in [1.54, 1.807) is 0 Å². The summed E-state index contributed by atoms with van der Waals surface area (Å²) in [6.45, 7) is 0.630. The first-order valence-corrected chi connectivity index (χ1v) is 4.99. The number of nitrogens with one attached hydrogen (secondary N) is 2. The summed E-state index contributed by atoms with van der Waals surface area (Å²) in [7, 11) is 0. The standard InChI is InChI=1S/C8H10ClN7/c9-6-7(10)13-3-14-8(6)11-2-1-5-12-4-15-16-5/h3-4H,1-2H2,(H,12,15,16)(H3,10,11,13,14). The average Bonchev–Trinajstić information content (AvgIpc) is 2.77. The molecule has 4 N–H and O–H groups in total. The van der Waals surface area contributed by atoms with Crippen molar-refractivity contribution in [3.63, 3.8) is 0 Å². The van der Waals surface area contributed by atoms with Crippen molar-refractivity contribution in [3.8, 4) is 0 Å². The highest BCUT2D eigenvalue weighted by molar-refractivity contribution is 6.35. The van der Waals surface area contributed by atoms with Gasteiger partial charge in [0.2, 0.25) is 0 Å². The Hall–Kier alpha value is -1.89. The van der Waals surface area contributed by atoms with Crippen molar-refractivity contribution < 1.29 is 0 Å². The number of hydrogen-bond donors (Lipinski definition) is 3. The van der Waals surface area contributed by atoms with Gasteiger partial charge < -0.3 is 11.1 Å². The van der Waals surface area contributed by atoms with Crippen LogP contribution in [-0.4, -0.2) is 31.7 Å². The van der Waals surface area contributed by atoms with E-state index in [0.717, 1.165) is 5.82 Å². The van der Waals surface area contributed by atoms with Gasteiger partial charge in [-0.1, -0.05) is 11.6 Å².